The van der Waals surface area contributed by atoms with Gasteiger partial charge in [0.05, 0.1) is 17.2 Å². The fourth-order valence-electron chi connectivity index (χ4n) is 2.65. The average Bonchev–Trinajstić information content (AvgIpc) is 2.72. The van der Waals surface area contributed by atoms with E-state index < -0.39 is 0 Å². The van der Waals surface area contributed by atoms with Gasteiger partial charge in [0.25, 0.3) is 0 Å². The second-order valence-corrected chi connectivity index (χ2v) is 7.85. The van der Waals surface area contributed by atoms with E-state index in [1.54, 1.807) is 25.3 Å². The number of benzene rings is 2. The van der Waals surface area contributed by atoms with E-state index in [0.29, 0.717) is 39.7 Å². The monoisotopic (exact) mass is 459 g/mol. The zero-order valence-corrected chi connectivity index (χ0v) is 19.2. The number of rotatable bonds is 13. The molecule has 2 rings (SSSR count). The molecule has 0 aromatic heterocycles. The number of methoxy groups -OCH3 is 1. The Bertz CT molecular complexity index is 771. The van der Waals surface area contributed by atoms with Crippen LogP contribution < -0.4 is 14.8 Å². The lowest BCUT2D eigenvalue weighted by Gasteiger charge is -2.14. The summed E-state index contributed by atoms with van der Waals surface area (Å²) in [5.74, 6) is 1.21. The fraction of sp³-hybridized carbons (Fsp3) is 0.455. The van der Waals surface area contributed by atoms with E-state index in [1.165, 1.54) is 0 Å². The third-order valence-corrected chi connectivity index (χ3v) is 5.40. The van der Waals surface area contributed by atoms with Gasteiger partial charge in [0.1, 0.15) is 6.61 Å². The highest BCUT2D eigenvalue weighted by Crippen LogP contribution is 2.34. The minimum atomic E-state index is 0.333. The molecule has 0 fully saturated rings. The Labute approximate surface area is 188 Å². The summed E-state index contributed by atoms with van der Waals surface area (Å²) >= 11 is 18.4. The molecule has 0 radical (unpaired) electrons. The van der Waals surface area contributed by atoms with Gasteiger partial charge in [-0.3, -0.25) is 0 Å². The topological polar surface area (TPSA) is 39.7 Å². The maximum Gasteiger partial charge on any atom is 0.163 e. The molecule has 0 atom stereocenters. The molecule has 0 saturated carbocycles. The Morgan fingerprint density at radius 3 is 2.41 bits per heavy atom. The van der Waals surface area contributed by atoms with Crippen LogP contribution in [0.2, 0.25) is 15.1 Å². The van der Waals surface area contributed by atoms with Crippen molar-refractivity contribution < 1.29 is 14.2 Å². The van der Waals surface area contributed by atoms with Gasteiger partial charge in [0.15, 0.2) is 11.5 Å². The third-order valence-electron chi connectivity index (χ3n) is 4.31. The highest BCUT2D eigenvalue weighted by molar-refractivity contribution is 6.42. The van der Waals surface area contributed by atoms with Crippen LogP contribution in [0.5, 0.6) is 11.5 Å². The molecule has 0 aliphatic rings. The maximum atomic E-state index is 6.44. The molecule has 160 valence electrons. The van der Waals surface area contributed by atoms with Gasteiger partial charge in [0.2, 0.25) is 0 Å². The van der Waals surface area contributed by atoms with Gasteiger partial charge in [-0.15, -0.1) is 0 Å². The zero-order chi connectivity index (χ0) is 21.1. The Hall–Kier alpha value is -1.17. The van der Waals surface area contributed by atoms with Crippen LogP contribution >= 0.6 is 34.8 Å². The van der Waals surface area contributed by atoms with Gasteiger partial charge in [-0.1, -0.05) is 54.2 Å². The van der Waals surface area contributed by atoms with E-state index in [9.17, 15) is 0 Å². The predicted octanol–water partition coefficient (Wildman–Crippen LogP) is 6.53. The molecule has 1 N–H and O–H groups in total. The minimum Gasteiger partial charge on any atom is -0.493 e. The highest BCUT2D eigenvalue weighted by atomic mass is 35.5. The maximum absolute atomic E-state index is 6.44. The first-order valence-corrected chi connectivity index (χ1v) is 10.9. The van der Waals surface area contributed by atoms with Crippen LogP contribution in [0.15, 0.2) is 30.3 Å². The SMILES string of the molecule is CCCCOCCCNCc1cc(OC)c(OCc2ccc(Cl)c(Cl)c2)cc1Cl. The molecule has 7 heteroatoms. The van der Waals surface area contributed by atoms with Gasteiger partial charge in [-0.2, -0.15) is 0 Å². The molecule has 0 heterocycles. The van der Waals surface area contributed by atoms with Gasteiger partial charge in [-0.05, 0) is 48.7 Å². The van der Waals surface area contributed by atoms with Crippen LogP contribution in [0.4, 0.5) is 0 Å². The van der Waals surface area contributed by atoms with Crippen molar-refractivity contribution in [3.05, 3.63) is 56.5 Å². The summed E-state index contributed by atoms with van der Waals surface area (Å²) in [6, 6.07) is 9.07. The Balaban J connectivity index is 1.86. The molecule has 0 aliphatic heterocycles. The van der Waals surface area contributed by atoms with Gasteiger partial charge in [-0.25, -0.2) is 0 Å². The molecule has 0 unspecified atom stereocenters. The first kappa shape index (κ1) is 24.1. The molecule has 0 saturated heterocycles. The molecule has 0 amide bonds. The van der Waals surface area contributed by atoms with Gasteiger partial charge in [0, 0.05) is 30.8 Å². The number of ether oxygens (including phenoxy) is 3. The fourth-order valence-corrected chi connectivity index (χ4v) is 3.19. The van der Waals surface area contributed by atoms with Crippen LogP contribution in [0.25, 0.3) is 0 Å². The second-order valence-electron chi connectivity index (χ2n) is 6.63. The number of unbranched alkanes of at least 4 members (excludes halogenated alkanes) is 1. The Kier molecular flexibility index (Phi) is 11.0. The van der Waals surface area contributed by atoms with Crippen molar-refractivity contribution in [2.24, 2.45) is 0 Å². The molecular weight excluding hydrogens is 433 g/mol. The van der Waals surface area contributed by atoms with Crippen LogP contribution in [0, 0.1) is 0 Å². The molecule has 4 nitrogen and oxygen atoms in total. The van der Waals surface area contributed by atoms with Gasteiger partial charge >= 0.3 is 0 Å². The molecule has 2 aromatic rings. The summed E-state index contributed by atoms with van der Waals surface area (Å²) in [5, 5.41) is 5.02. The zero-order valence-electron chi connectivity index (χ0n) is 16.9. The van der Waals surface area contributed by atoms with Crippen molar-refractivity contribution in [1.82, 2.24) is 5.32 Å². The first-order chi connectivity index (χ1) is 14.0. The van der Waals surface area contributed by atoms with E-state index in [4.69, 9.17) is 49.0 Å². The summed E-state index contributed by atoms with van der Waals surface area (Å²) in [6.07, 6.45) is 3.23. The summed E-state index contributed by atoms with van der Waals surface area (Å²) in [7, 11) is 1.61. The third kappa shape index (κ3) is 8.23. The van der Waals surface area contributed by atoms with Crippen molar-refractivity contribution in [2.75, 3.05) is 26.9 Å². The van der Waals surface area contributed by atoms with Crippen LogP contribution in [0.1, 0.15) is 37.3 Å². The standard InChI is InChI=1S/C22H28Cl3NO3/c1-3-4-9-28-10-5-8-26-14-17-12-21(27-2)22(13-19(17)24)29-15-16-6-7-18(23)20(25)11-16/h6-7,11-13,26H,3-5,8-10,14-15H2,1-2H3. The first-order valence-electron chi connectivity index (χ1n) is 9.76. The molecule has 0 spiro atoms. The second kappa shape index (κ2) is 13.2. The molecule has 0 bridgehead atoms. The Morgan fingerprint density at radius 2 is 1.69 bits per heavy atom. The van der Waals surface area contributed by atoms with E-state index in [2.05, 4.69) is 12.2 Å². The number of halogens is 3. The molecule has 2 aromatic carbocycles. The molecule has 29 heavy (non-hydrogen) atoms. The Morgan fingerprint density at radius 1 is 0.897 bits per heavy atom. The average molecular weight is 461 g/mol. The summed E-state index contributed by atoms with van der Waals surface area (Å²) in [6.45, 7) is 5.61. The normalized spacial score (nSPS) is 10.9. The van der Waals surface area contributed by atoms with E-state index >= 15 is 0 Å². The van der Waals surface area contributed by atoms with Crippen LogP contribution in [-0.4, -0.2) is 26.9 Å². The quantitative estimate of drug-likeness (QED) is 0.345. The van der Waals surface area contributed by atoms with Crippen molar-refractivity contribution in [3.63, 3.8) is 0 Å². The number of hydrogen-bond donors (Lipinski definition) is 1. The van der Waals surface area contributed by atoms with Crippen LogP contribution in [-0.2, 0) is 17.9 Å². The summed E-state index contributed by atoms with van der Waals surface area (Å²) in [4.78, 5) is 0. The smallest absolute Gasteiger partial charge is 0.163 e. The van der Waals surface area contributed by atoms with E-state index in [0.717, 1.165) is 50.1 Å². The van der Waals surface area contributed by atoms with Crippen LogP contribution in [0.3, 0.4) is 0 Å². The van der Waals surface area contributed by atoms with Gasteiger partial charge < -0.3 is 19.5 Å². The van der Waals surface area contributed by atoms with Crippen molar-refractivity contribution in [3.8, 4) is 11.5 Å². The molecule has 0 aliphatic carbocycles. The minimum absolute atomic E-state index is 0.333. The summed E-state index contributed by atoms with van der Waals surface area (Å²) in [5.41, 5.74) is 1.86. The lowest BCUT2D eigenvalue weighted by atomic mass is 10.2. The largest absolute Gasteiger partial charge is 0.493 e. The van der Waals surface area contributed by atoms with E-state index in [1.807, 2.05) is 12.1 Å². The lowest BCUT2D eigenvalue weighted by molar-refractivity contribution is 0.129. The van der Waals surface area contributed by atoms with E-state index in [-0.39, 0.29) is 0 Å². The molecular formula is C22H28Cl3NO3. The van der Waals surface area contributed by atoms with Crippen molar-refractivity contribution in [1.29, 1.82) is 0 Å². The summed E-state index contributed by atoms with van der Waals surface area (Å²) < 4.78 is 16.9. The predicted molar refractivity (Wildman–Crippen MR) is 121 cm³/mol. The van der Waals surface area contributed by atoms with Crippen molar-refractivity contribution >= 4 is 34.8 Å². The lowest BCUT2D eigenvalue weighted by Crippen LogP contribution is -2.17. The number of hydrogen-bond acceptors (Lipinski definition) is 4. The van der Waals surface area contributed by atoms with Crippen molar-refractivity contribution in [2.45, 2.75) is 39.3 Å². The highest BCUT2D eigenvalue weighted by Gasteiger charge is 2.11. The number of nitrogens with one attached hydrogen (secondary N) is 1.